The van der Waals surface area contributed by atoms with Crippen LogP contribution in [0.5, 0.6) is 0 Å². The monoisotopic (exact) mass is 316 g/mol. The summed E-state index contributed by atoms with van der Waals surface area (Å²) in [4.78, 5) is 14.5. The van der Waals surface area contributed by atoms with Gasteiger partial charge in [0, 0.05) is 19.1 Å². The van der Waals surface area contributed by atoms with Crippen LogP contribution in [-0.4, -0.2) is 41.3 Å². The van der Waals surface area contributed by atoms with Gasteiger partial charge in [0.15, 0.2) is 0 Å². The molecule has 2 N–H and O–H groups in total. The van der Waals surface area contributed by atoms with Crippen LogP contribution in [0, 0.1) is 5.41 Å². The van der Waals surface area contributed by atoms with Crippen molar-refractivity contribution in [3.63, 3.8) is 0 Å². The van der Waals surface area contributed by atoms with Crippen LogP contribution in [0.3, 0.4) is 0 Å². The number of nitrogens with zero attached hydrogens (tertiary/aromatic N) is 1. The maximum absolute atomic E-state index is 12.5. The van der Waals surface area contributed by atoms with Crippen molar-refractivity contribution in [3.05, 3.63) is 35.4 Å². The Morgan fingerprint density at radius 1 is 1.39 bits per heavy atom. The van der Waals surface area contributed by atoms with Crippen LogP contribution in [0.2, 0.25) is 0 Å². The molecule has 2 aliphatic rings. The predicted octanol–water partition coefficient (Wildman–Crippen LogP) is 2.74. The maximum Gasteiger partial charge on any atom is 0.317 e. The van der Waals surface area contributed by atoms with Gasteiger partial charge in [-0.3, -0.25) is 0 Å². The van der Waals surface area contributed by atoms with Gasteiger partial charge in [-0.1, -0.05) is 31.2 Å². The fraction of sp³-hybridized carbons (Fsp3) is 0.632. The number of benzene rings is 1. The minimum Gasteiger partial charge on any atom is -0.393 e. The van der Waals surface area contributed by atoms with Gasteiger partial charge in [-0.15, -0.1) is 0 Å². The predicted molar refractivity (Wildman–Crippen MR) is 91.4 cm³/mol. The second kappa shape index (κ2) is 6.52. The van der Waals surface area contributed by atoms with E-state index in [0.29, 0.717) is 13.0 Å². The molecule has 1 fully saturated rings. The van der Waals surface area contributed by atoms with E-state index in [2.05, 4.69) is 36.5 Å². The van der Waals surface area contributed by atoms with Gasteiger partial charge in [0.2, 0.25) is 0 Å². The molecule has 0 bridgehead atoms. The fourth-order valence-corrected chi connectivity index (χ4v) is 4.14. The Bertz CT molecular complexity index is 545. The molecule has 1 heterocycles. The summed E-state index contributed by atoms with van der Waals surface area (Å²) in [5, 5.41) is 12.7. The van der Waals surface area contributed by atoms with Crippen molar-refractivity contribution in [2.45, 2.75) is 58.1 Å². The number of carbonyl (C=O) groups excluding carboxylic acids is 1. The highest BCUT2D eigenvalue weighted by atomic mass is 16.3. The van der Waals surface area contributed by atoms with E-state index in [1.807, 2.05) is 4.90 Å². The maximum atomic E-state index is 12.5. The van der Waals surface area contributed by atoms with Gasteiger partial charge in [-0.25, -0.2) is 4.79 Å². The van der Waals surface area contributed by atoms with Crippen molar-refractivity contribution < 1.29 is 9.90 Å². The zero-order valence-electron chi connectivity index (χ0n) is 14.2. The third kappa shape index (κ3) is 3.69. The van der Waals surface area contributed by atoms with Crippen LogP contribution in [-0.2, 0) is 12.8 Å². The van der Waals surface area contributed by atoms with Crippen LogP contribution in [0.25, 0.3) is 0 Å². The van der Waals surface area contributed by atoms with Crippen molar-refractivity contribution in [1.29, 1.82) is 0 Å². The Morgan fingerprint density at radius 2 is 2.04 bits per heavy atom. The normalized spacial score (nSPS) is 23.6. The number of hydrogen-bond acceptors (Lipinski definition) is 2. The van der Waals surface area contributed by atoms with Crippen molar-refractivity contribution >= 4 is 6.03 Å². The second-order valence-electron chi connectivity index (χ2n) is 7.67. The highest BCUT2D eigenvalue weighted by molar-refractivity contribution is 5.75. The molecule has 1 aliphatic carbocycles. The van der Waals surface area contributed by atoms with Crippen LogP contribution < -0.4 is 5.32 Å². The summed E-state index contributed by atoms with van der Waals surface area (Å²) in [5.41, 5.74) is 2.94. The lowest BCUT2D eigenvalue weighted by atomic mass is 9.87. The van der Waals surface area contributed by atoms with E-state index in [4.69, 9.17) is 0 Å². The highest BCUT2D eigenvalue weighted by Gasteiger charge is 2.35. The minimum absolute atomic E-state index is 0.0327. The van der Waals surface area contributed by atoms with E-state index >= 15 is 0 Å². The SMILES string of the molecule is CC(O)CC1CCCN1C(=O)NCC1(C)Cc2ccccc2C1. The fourth-order valence-electron chi connectivity index (χ4n) is 4.14. The van der Waals surface area contributed by atoms with E-state index in [1.54, 1.807) is 6.92 Å². The lowest BCUT2D eigenvalue weighted by Gasteiger charge is -2.29. The Labute approximate surface area is 138 Å². The van der Waals surface area contributed by atoms with Gasteiger partial charge >= 0.3 is 6.03 Å². The molecule has 0 saturated carbocycles. The third-order valence-corrected chi connectivity index (χ3v) is 5.27. The largest absolute Gasteiger partial charge is 0.393 e. The van der Waals surface area contributed by atoms with Gasteiger partial charge in [0.1, 0.15) is 0 Å². The Hall–Kier alpha value is -1.55. The Morgan fingerprint density at radius 3 is 2.65 bits per heavy atom. The molecule has 0 aromatic heterocycles. The molecule has 0 spiro atoms. The molecular weight excluding hydrogens is 288 g/mol. The summed E-state index contributed by atoms with van der Waals surface area (Å²) >= 11 is 0. The van der Waals surface area contributed by atoms with Gasteiger partial charge in [-0.05, 0) is 55.6 Å². The van der Waals surface area contributed by atoms with Crippen molar-refractivity contribution in [1.82, 2.24) is 10.2 Å². The number of aliphatic hydroxyl groups is 1. The average Bonchev–Trinajstić information content (AvgIpc) is 3.07. The van der Waals surface area contributed by atoms with Crippen LogP contribution in [0.15, 0.2) is 24.3 Å². The first-order valence-electron chi connectivity index (χ1n) is 8.76. The molecule has 0 radical (unpaired) electrons. The van der Waals surface area contributed by atoms with Crippen molar-refractivity contribution in [2.75, 3.05) is 13.1 Å². The second-order valence-corrected chi connectivity index (χ2v) is 7.67. The summed E-state index contributed by atoms with van der Waals surface area (Å²) < 4.78 is 0. The lowest BCUT2D eigenvalue weighted by molar-refractivity contribution is 0.136. The molecular formula is C19H28N2O2. The summed E-state index contributed by atoms with van der Waals surface area (Å²) in [7, 11) is 0. The van der Waals surface area contributed by atoms with Gasteiger partial charge < -0.3 is 15.3 Å². The number of nitrogens with one attached hydrogen (secondary N) is 1. The number of hydrogen-bond donors (Lipinski definition) is 2. The molecule has 1 aromatic rings. The van der Waals surface area contributed by atoms with E-state index in [9.17, 15) is 9.90 Å². The van der Waals surface area contributed by atoms with Gasteiger partial charge in [0.05, 0.1) is 6.10 Å². The molecule has 2 unspecified atom stereocenters. The molecule has 4 heteroatoms. The third-order valence-electron chi connectivity index (χ3n) is 5.27. The van der Waals surface area contributed by atoms with Gasteiger partial charge in [0.25, 0.3) is 0 Å². The quantitative estimate of drug-likeness (QED) is 0.897. The molecule has 1 aromatic carbocycles. The number of likely N-dealkylation sites (tertiary alicyclic amines) is 1. The zero-order chi connectivity index (χ0) is 16.4. The van der Waals surface area contributed by atoms with Gasteiger partial charge in [-0.2, -0.15) is 0 Å². The molecule has 4 nitrogen and oxygen atoms in total. The molecule has 2 amide bonds. The van der Waals surface area contributed by atoms with Crippen molar-refractivity contribution in [2.24, 2.45) is 5.41 Å². The number of rotatable bonds is 4. The molecule has 23 heavy (non-hydrogen) atoms. The summed E-state index contributed by atoms with van der Waals surface area (Å²) in [6.07, 6.45) is 4.42. The summed E-state index contributed by atoms with van der Waals surface area (Å²) in [5.74, 6) is 0. The standard InChI is InChI=1S/C19H28N2O2/c1-14(22)10-17-8-5-9-21(17)18(23)20-13-19(2)11-15-6-3-4-7-16(15)12-19/h3-4,6-7,14,17,22H,5,8-13H2,1-2H3,(H,20,23). The van der Waals surface area contributed by atoms with E-state index in [0.717, 1.165) is 32.2 Å². The molecule has 3 rings (SSSR count). The molecule has 2 atom stereocenters. The smallest absolute Gasteiger partial charge is 0.317 e. The number of carbonyl (C=O) groups is 1. The van der Waals surface area contributed by atoms with E-state index in [-0.39, 0.29) is 23.6 Å². The number of aliphatic hydroxyl groups excluding tert-OH is 1. The highest BCUT2D eigenvalue weighted by Crippen LogP contribution is 2.36. The van der Waals surface area contributed by atoms with Crippen LogP contribution in [0.1, 0.15) is 44.2 Å². The van der Waals surface area contributed by atoms with Crippen LogP contribution in [0.4, 0.5) is 4.79 Å². The zero-order valence-corrected chi connectivity index (χ0v) is 14.2. The first kappa shape index (κ1) is 16.3. The number of urea groups is 1. The Kier molecular flexibility index (Phi) is 4.62. The number of amides is 2. The first-order valence-corrected chi connectivity index (χ1v) is 8.76. The number of fused-ring (bicyclic) bond motifs is 1. The topological polar surface area (TPSA) is 52.6 Å². The Balaban J connectivity index is 1.55. The summed E-state index contributed by atoms with van der Waals surface area (Å²) in [6, 6.07) is 8.79. The van der Waals surface area contributed by atoms with Crippen LogP contribution >= 0.6 is 0 Å². The minimum atomic E-state index is -0.352. The molecule has 1 aliphatic heterocycles. The summed E-state index contributed by atoms with van der Waals surface area (Å²) in [6.45, 7) is 5.56. The van der Waals surface area contributed by atoms with Crippen molar-refractivity contribution in [3.8, 4) is 0 Å². The molecule has 1 saturated heterocycles. The molecule has 126 valence electrons. The average molecular weight is 316 g/mol. The van der Waals surface area contributed by atoms with E-state index < -0.39 is 0 Å². The lowest BCUT2D eigenvalue weighted by Crippen LogP contribution is -2.47. The van der Waals surface area contributed by atoms with E-state index in [1.165, 1.54) is 11.1 Å². The first-order chi connectivity index (χ1) is 11.0.